The summed E-state index contributed by atoms with van der Waals surface area (Å²) in [5, 5.41) is 0. The Morgan fingerprint density at radius 2 is 2.06 bits per heavy atom. The molecule has 1 heterocycles. The minimum absolute atomic E-state index is 0.134. The summed E-state index contributed by atoms with van der Waals surface area (Å²) in [6.07, 6.45) is 6.23. The van der Waals surface area contributed by atoms with Crippen LogP contribution in [0.25, 0.3) is 0 Å². The lowest BCUT2D eigenvalue weighted by molar-refractivity contribution is -0.147. The van der Waals surface area contributed by atoms with E-state index in [4.69, 9.17) is 4.74 Å². The van der Waals surface area contributed by atoms with Crippen LogP contribution in [-0.4, -0.2) is 36.0 Å². The highest BCUT2D eigenvalue weighted by molar-refractivity contribution is 5.87. The zero-order valence-electron chi connectivity index (χ0n) is 10.5. The summed E-state index contributed by atoms with van der Waals surface area (Å²) in [6, 6.07) is 0.371. The van der Waals surface area contributed by atoms with Gasteiger partial charge in [-0.2, -0.15) is 0 Å². The molecule has 96 valence electrons. The molecule has 4 heteroatoms. The smallest absolute Gasteiger partial charge is 0.311 e. The number of esters is 1. The second-order valence-corrected chi connectivity index (χ2v) is 4.99. The molecule has 1 atom stereocenters. The number of likely N-dealkylation sites (tertiary alicyclic amines) is 1. The van der Waals surface area contributed by atoms with E-state index in [-0.39, 0.29) is 17.8 Å². The van der Waals surface area contributed by atoms with Crippen LogP contribution in [0, 0.1) is 5.92 Å². The Kier molecular flexibility index (Phi) is 4.02. The van der Waals surface area contributed by atoms with Crippen LogP contribution in [-0.2, 0) is 14.3 Å². The normalized spacial score (nSPS) is 26.3. The van der Waals surface area contributed by atoms with Crippen molar-refractivity contribution in [1.82, 2.24) is 4.90 Å². The van der Waals surface area contributed by atoms with Crippen LogP contribution in [0.4, 0.5) is 0 Å². The molecule has 1 aliphatic carbocycles. The van der Waals surface area contributed by atoms with Crippen molar-refractivity contribution < 1.29 is 14.3 Å². The van der Waals surface area contributed by atoms with Gasteiger partial charge in [0, 0.05) is 19.0 Å². The van der Waals surface area contributed by atoms with E-state index in [1.165, 1.54) is 19.3 Å². The Balaban J connectivity index is 1.92. The van der Waals surface area contributed by atoms with Gasteiger partial charge in [-0.1, -0.05) is 19.3 Å². The van der Waals surface area contributed by atoms with Crippen LogP contribution in [0.15, 0.2) is 0 Å². The van der Waals surface area contributed by atoms with E-state index in [9.17, 15) is 9.59 Å². The summed E-state index contributed by atoms with van der Waals surface area (Å²) in [4.78, 5) is 25.4. The molecule has 0 aromatic heterocycles. The van der Waals surface area contributed by atoms with E-state index < -0.39 is 0 Å². The van der Waals surface area contributed by atoms with Crippen molar-refractivity contribution in [3.63, 3.8) is 0 Å². The van der Waals surface area contributed by atoms with Gasteiger partial charge in [0.25, 0.3) is 0 Å². The number of nitrogens with zero attached hydrogens (tertiary/aromatic N) is 1. The van der Waals surface area contributed by atoms with Gasteiger partial charge in [-0.25, -0.2) is 0 Å². The maximum Gasteiger partial charge on any atom is 0.311 e. The Morgan fingerprint density at radius 1 is 1.35 bits per heavy atom. The number of ether oxygens (including phenoxy) is 1. The zero-order valence-corrected chi connectivity index (χ0v) is 10.5. The third-order valence-corrected chi connectivity index (χ3v) is 3.79. The van der Waals surface area contributed by atoms with Crippen LogP contribution in [0.5, 0.6) is 0 Å². The molecule has 4 nitrogen and oxygen atoms in total. The molecule has 0 radical (unpaired) electrons. The van der Waals surface area contributed by atoms with Crippen LogP contribution in [0.3, 0.4) is 0 Å². The fourth-order valence-electron chi connectivity index (χ4n) is 2.90. The van der Waals surface area contributed by atoms with Crippen molar-refractivity contribution >= 4 is 11.9 Å². The first-order valence-corrected chi connectivity index (χ1v) is 6.68. The summed E-state index contributed by atoms with van der Waals surface area (Å²) in [6.45, 7) is 2.77. The summed E-state index contributed by atoms with van der Waals surface area (Å²) in [5.74, 6) is -0.307. The van der Waals surface area contributed by atoms with E-state index in [1.54, 1.807) is 6.92 Å². The zero-order chi connectivity index (χ0) is 12.3. The van der Waals surface area contributed by atoms with Crippen LogP contribution >= 0.6 is 0 Å². The highest BCUT2D eigenvalue weighted by atomic mass is 16.5. The van der Waals surface area contributed by atoms with Crippen LogP contribution in [0.1, 0.15) is 45.4 Å². The molecule has 2 aliphatic rings. The molecule has 0 aromatic carbocycles. The van der Waals surface area contributed by atoms with E-state index in [0.29, 0.717) is 25.6 Å². The largest absolute Gasteiger partial charge is 0.466 e. The number of hydrogen-bond donors (Lipinski definition) is 0. The Labute approximate surface area is 102 Å². The summed E-state index contributed by atoms with van der Waals surface area (Å²) < 4.78 is 4.99. The molecule has 1 unspecified atom stereocenters. The monoisotopic (exact) mass is 239 g/mol. The lowest BCUT2D eigenvalue weighted by Gasteiger charge is -2.31. The van der Waals surface area contributed by atoms with Crippen molar-refractivity contribution in [2.24, 2.45) is 5.92 Å². The predicted molar refractivity (Wildman–Crippen MR) is 63.3 cm³/mol. The topological polar surface area (TPSA) is 46.6 Å². The molecule has 0 spiro atoms. The molecule has 2 rings (SSSR count). The number of carbonyl (C=O) groups excluding carboxylic acids is 2. The Bertz CT molecular complexity index is 297. The number of carbonyl (C=O) groups is 2. The summed E-state index contributed by atoms with van der Waals surface area (Å²) >= 11 is 0. The van der Waals surface area contributed by atoms with Gasteiger partial charge >= 0.3 is 5.97 Å². The second kappa shape index (κ2) is 5.52. The van der Waals surface area contributed by atoms with Gasteiger partial charge in [-0.05, 0) is 19.8 Å². The van der Waals surface area contributed by atoms with Crippen LogP contribution in [0.2, 0.25) is 0 Å². The first-order chi connectivity index (χ1) is 8.22. The highest BCUT2D eigenvalue weighted by Crippen LogP contribution is 2.28. The molecular formula is C13H21NO3. The minimum Gasteiger partial charge on any atom is -0.466 e. The molecule has 0 N–H and O–H groups in total. The van der Waals surface area contributed by atoms with Gasteiger partial charge in [0.05, 0.1) is 12.5 Å². The maximum absolute atomic E-state index is 11.9. The third-order valence-electron chi connectivity index (χ3n) is 3.79. The molecule has 1 saturated carbocycles. The van der Waals surface area contributed by atoms with E-state index in [1.807, 2.05) is 4.90 Å². The molecule has 0 aromatic rings. The van der Waals surface area contributed by atoms with Crippen LogP contribution < -0.4 is 0 Å². The van der Waals surface area contributed by atoms with Gasteiger partial charge in [-0.3, -0.25) is 9.59 Å². The molecule has 0 bridgehead atoms. The molecular weight excluding hydrogens is 218 g/mol. The Hall–Kier alpha value is -1.06. The second-order valence-electron chi connectivity index (χ2n) is 4.99. The maximum atomic E-state index is 11.9. The van der Waals surface area contributed by atoms with Gasteiger partial charge in [-0.15, -0.1) is 0 Å². The predicted octanol–water partition coefficient (Wildman–Crippen LogP) is 1.73. The standard InChI is InChI=1S/C13H21NO3/c1-2-17-13(16)10-8-12(15)14(9-10)11-6-4-3-5-7-11/h10-11H,2-9H2,1H3. The first-order valence-electron chi connectivity index (χ1n) is 6.68. The number of rotatable bonds is 3. The van der Waals surface area contributed by atoms with E-state index in [2.05, 4.69) is 0 Å². The van der Waals surface area contributed by atoms with Gasteiger partial charge in [0.15, 0.2) is 0 Å². The van der Waals surface area contributed by atoms with Crippen molar-refractivity contribution in [2.75, 3.05) is 13.2 Å². The third kappa shape index (κ3) is 2.79. The lowest BCUT2D eigenvalue weighted by Crippen LogP contribution is -2.38. The van der Waals surface area contributed by atoms with Gasteiger partial charge in [0.1, 0.15) is 0 Å². The quantitative estimate of drug-likeness (QED) is 0.705. The fraction of sp³-hybridized carbons (Fsp3) is 0.846. The summed E-state index contributed by atoms with van der Waals surface area (Å²) in [5.41, 5.74) is 0. The van der Waals surface area contributed by atoms with Gasteiger partial charge < -0.3 is 9.64 Å². The average molecular weight is 239 g/mol. The van der Waals surface area contributed by atoms with Crippen molar-refractivity contribution in [2.45, 2.75) is 51.5 Å². The molecule has 1 aliphatic heterocycles. The molecule has 17 heavy (non-hydrogen) atoms. The first kappa shape index (κ1) is 12.4. The highest BCUT2D eigenvalue weighted by Gasteiger charge is 2.38. The van der Waals surface area contributed by atoms with Crippen molar-refractivity contribution in [3.05, 3.63) is 0 Å². The van der Waals surface area contributed by atoms with E-state index in [0.717, 1.165) is 12.8 Å². The Morgan fingerprint density at radius 3 is 2.71 bits per heavy atom. The van der Waals surface area contributed by atoms with Gasteiger partial charge in [0.2, 0.25) is 5.91 Å². The van der Waals surface area contributed by atoms with Crippen molar-refractivity contribution in [3.8, 4) is 0 Å². The summed E-state index contributed by atoms with van der Waals surface area (Å²) in [7, 11) is 0. The average Bonchev–Trinajstić information content (AvgIpc) is 2.73. The fourth-order valence-corrected chi connectivity index (χ4v) is 2.90. The van der Waals surface area contributed by atoms with E-state index >= 15 is 0 Å². The molecule has 1 saturated heterocycles. The van der Waals surface area contributed by atoms with Crippen molar-refractivity contribution in [1.29, 1.82) is 0 Å². The number of amides is 1. The lowest BCUT2D eigenvalue weighted by atomic mass is 9.94. The SMILES string of the molecule is CCOC(=O)C1CC(=O)N(C2CCCCC2)C1. The molecule has 1 amide bonds. The minimum atomic E-state index is -0.232. The number of hydrogen-bond acceptors (Lipinski definition) is 3. The molecule has 2 fully saturated rings.